The lowest BCUT2D eigenvalue weighted by atomic mass is 10.3. The van der Waals surface area contributed by atoms with E-state index in [-0.39, 0.29) is 6.42 Å². The lowest BCUT2D eigenvalue weighted by Crippen LogP contribution is -2.42. The van der Waals surface area contributed by atoms with Gasteiger partial charge in [-0.15, -0.1) is 22.7 Å². The Bertz CT molecular complexity index is 630. The van der Waals surface area contributed by atoms with Gasteiger partial charge in [0.25, 0.3) is 5.92 Å². The molecule has 114 valence electrons. The van der Waals surface area contributed by atoms with E-state index in [2.05, 4.69) is 10.3 Å². The Labute approximate surface area is 132 Å². The van der Waals surface area contributed by atoms with Crippen molar-refractivity contribution in [2.75, 3.05) is 13.1 Å². The summed E-state index contributed by atoms with van der Waals surface area (Å²) in [5.74, 6) is -3.60. The van der Waals surface area contributed by atoms with Gasteiger partial charge in [-0.3, -0.25) is 4.79 Å². The van der Waals surface area contributed by atoms with Crippen LogP contribution >= 0.6 is 34.3 Å². The molecule has 21 heavy (non-hydrogen) atoms. The van der Waals surface area contributed by atoms with Crippen molar-refractivity contribution in [3.63, 3.8) is 0 Å². The van der Waals surface area contributed by atoms with Gasteiger partial charge in [0, 0.05) is 5.38 Å². The van der Waals surface area contributed by atoms with E-state index in [0.717, 1.165) is 9.88 Å². The smallest absolute Gasteiger partial charge is 0.277 e. The Morgan fingerprint density at radius 3 is 2.86 bits per heavy atom. The topological polar surface area (TPSA) is 68.0 Å². The van der Waals surface area contributed by atoms with Crippen molar-refractivity contribution in [3.05, 3.63) is 27.5 Å². The highest BCUT2D eigenvalue weighted by molar-refractivity contribution is 7.23. The summed E-state index contributed by atoms with van der Waals surface area (Å²) in [4.78, 5) is 16.8. The maximum atomic E-state index is 12.9. The van der Waals surface area contributed by atoms with Gasteiger partial charge in [-0.1, -0.05) is 11.6 Å². The first-order chi connectivity index (χ1) is 9.89. The summed E-state index contributed by atoms with van der Waals surface area (Å²) >= 11 is 8.62. The third-order valence-corrected chi connectivity index (χ3v) is 4.81. The number of alkyl halides is 2. The molecule has 2 aromatic heterocycles. The highest BCUT2D eigenvalue weighted by atomic mass is 35.5. The molecule has 2 heterocycles. The van der Waals surface area contributed by atoms with Gasteiger partial charge in [-0.2, -0.15) is 0 Å². The van der Waals surface area contributed by atoms with Crippen LogP contribution in [0.2, 0.25) is 4.34 Å². The number of hydrogen-bond acceptors (Lipinski definition) is 5. The number of carbonyl (C=O) groups excluding carboxylic acids is 1. The Kier molecular flexibility index (Phi) is 5.26. The van der Waals surface area contributed by atoms with E-state index in [9.17, 15) is 13.6 Å². The molecular weight excluding hydrogens is 340 g/mol. The van der Waals surface area contributed by atoms with Crippen molar-refractivity contribution >= 4 is 40.2 Å². The largest absolute Gasteiger partial charge is 0.350 e. The predicted octanol–water partition coefficient (Wildman–Crippen LogP) is 2.78. The molecule has 0 aliphatic heterocycles. The average molecular weight is 352 g/mol. The van der Waals surface area contributed by atoms with E-state index in [1.165, 1.54) is 22.7 Å². The van der Waals surface area contributed by atoms with Gasteiger partial charge in [-0.25, -0.2) is 13.8 Å². The second kappa shape index (κ2) is 6.78. The molecule has 3 N–H and O–H groups in total. The van der Waals surface area contributed by atoms with Gasteiger partial charge in [-0.05, 0) is 12.1 Å². The third-order valence-electron chi connectivity index (χ3n) is 2.52. The summed E-state index contributed by atoms with van der Waals surface area (Å²) < 4.78 is 26.5. The van der Waals surface area contributed by atoms with Gasteiger partial charge in [0.1, 0.15) is 5.01 Å². The lowest BCUT2D eigenvalue weighted by Gasteiger charge is -2.14. The molecule has 0 aliphatic rings. The molecule has 0 saturated heterocycles. The summed E-state index contributed by atoms with van der Waals surface area (Å²) in [5, 5.41) is 4.63. The van der Waals surface area contributed by atoms with Crippen LogP contribution in [0.5, 0.6) is 0 Å². The number of nitrogens with one attached hydrogen (secondary N) is 1. The highest BCUT2D eigenvalue weighted by Crippen LogP contribution is 2.32. The van der Waals surface area contributed by atoms with Crippen LogP contribution in [0.3, 0.4) is 0 Å². The van der Waals surface area contributed by atoms with Crippen LogP contribution in [0.1, 0.15) is 5.69 Å². The number of aromatic nitrogens is 1. The van der Waals surface area contributed by atoms with Crippen molar-refractivity contribution in [2.45, 2.75) is 12.3 Å². The van der Waals surface area contributed by atoms with Crippen LogP contribution in [0.15, 0.2) is 17.5 Å². The SMILES string of the molecule is NCC(F)(F)CNC(=O)Cc1csc(-c2ccc(Cl)s2)n1. The number of nitrogens with zero attached hydrogens (tertiary/aromatic N) is 1. The summed E-state index contributed by atoms with van der Waals surface area (Å²) in [6.07, 6.45) is -0.0454. The number of thiophene rings is 1. The molecule has 1 amide bonds. The van der Waals surface area contributed by atoms with Crippen LogP contribution in [0, 0.1) is 0 Å². The zero-order valence-corrected chi connectivity index (χ0v) is 13.1. The average Bonchev–Trinajstić information content (AvgIpc) is 3.05. The molecule has 4 nitrogen and oxygen atoms in total. The molecule has 2 rings (SSSR count). The molecule has 0 spiro atoms. The van der Waals surface area contributed by atoms with E-state index in [0.29, 0.717) is 10.0 Å². The van der Waals surface area contributed by atoms with Gasteiger partial charge < -0.3 is 11.1 Å². The summed E-state index contributed by atoms with van der Waals surface area (Å²) in [7, 11) is 0. The molecule has 0 atom stereocenters. The van der Waals surface area contributed by atoms with E-state index in [1.54, 1.807) is 11.4 Å². The molecule has 0 radical (unpaired) electrons. The molecule has 0 bridgehead atoms. The number of thiazole rings is 1. The Morgan fingerprint density at radius 1 is 1.48 bits per heavy atom. The second-order valence-electron chi connectivity index (χ2n) is 4.26. The van der Waals surface area contributed by atoms with Crippen LogP contribution in [0.25, 0.3) is 9.88 Å². The first-order valence-electron chi connectivity index (χ1n) is 5.94. The van der Waals surface area contributed by atoms with Crippen molar-refractivity contribution in [1.29, 1.82) is 0 Å². The fourth-order valence-corrected chi connectivity index (χ4v) is 3.39. The maximum absolute atomic E-state index is 12.9. The maximum Gasteiger partial charge on any atom is 0.277 e. The molecular formula is C12H12ClF2N3OS2. The van der Waals surface area contributed by atoms with Crippen LogP contribution < -0.4 is 11.1 Å². The monoisotopic (exact) mass is 351 g/mol. The van der Waals surface area contributed by atoms with E-state index in [1.807, 2.05) is 6.07 Å². The van der Waals surface area contributed by atoms with Gasteiger partial charge in [0.15, 0.2) is 0 Å². The quantitative estimate of drug-likeness (QED) is 0.840. The molecule has 0 unspecified atom stereocenters. The zero-order valence-electron chi connectivity index (χ0n) is 10.7. The van der Waals surface area contributed by atoms with Crippen molar-refractivity contribution < 1.29 is 13.6 Å². The van der Waals surface area contributed by atoms with E-state index < -0.39 is 24.9 Å². The number of nitrogens with two attached hydrogens (primary N) is 1. The summed E-state index contributed by atoms with van der Waals surface area (Å²) in [6, 6.07) is 3.61. The fourth-order valence-electron chi connectivity index (χ4n) is 1.46. The minimum Gasteiger partial charge on any atom is -0.350 e. The number of hydrogen-bond donors (Lipinski definition) is 2. The zero-order chi connectivity index (χ0) is 15.5. The highest BCUT2D eigenvalue weighted by Gasteiger charge is 2.27. The van der Waals surface area contributed by atoms with Crippen LogP contribution in [0.4, 0.5) is 8.78 Å². The van der Waals surface area contributed by atoms with Crippen LogP contribution in [-0.2, 0) is 11.2 Å². The Balaban J connectivity index is 1.92. The van der Waals surface area contributed by atoms with Crippen molar-refractivity contribution in [1.82, 2.24) is 10.3 Å². The summed E-state index contributed by atoms with van der Waals surface area (Å²) in [6.45, 7) is -1.56. The molecule has 0 aromatic carbocycles. The Hall–Kier alpha value is -1.09. The van der Waals surface area contributed by atoms with Gasteiger partial charge in [0.2, 0.25) is 5.91 Å². The molecule has 0 saturated carbocycles. The summed E-state index contributed by atoms with van der Waals surface area (Å²) in [5.41, 5.74) is 5.43. The lowest BCUT2D eigenvalue weighted by molar-refractivity contribution is -0.122. The minimum atomic E-state index is -3.09. The molecule has 0 aliphatic carbocycles. The van der Waals surface area contributed by atoms with Crippen molar-refractivity contribution in [3.8, 4) is 9.88 Å². The number of halogens is 3. The van der Waals surface area contributed by atoms with E-state index >= 15 is 0 Å². The molecule has 2 aromatic rings. The van der Waals surface area contributed by atoms with Gasteiger partial charge >= 0.3 is 0 Å². The molecule has 0 fully saturated rings. The number of rotatable bonds is 6. The minimum absolute atomic E-state index is 0.0454. The standard InChI is InChI=1S/C12H12ClF2N3OS2/c13-9-2-1-8(21-9)11-18-7(4-20-11)3-10(19)17-6-12(14,15)5-16/h1-2,4H,3,5-6,16H2,(H,17,19). The first-order valence-corrected chi connectivity index (χ1v) is 8.02. The fraction of sp³-hybridized carbons (Fsp3) is 0.333. The molecule has 9 heteroatoms. The predicted molar refractivity (Wildman–Crippen MR) is 81.2 cm³/mol. The number of amides is 1. The van der Waals surface area contributed by atoms with Gasteiger partial charge in [0.05, 0.1) is 34.4 Å². The van der Waals surface area contributed by atoms with Crippen LogP contribution in [-0.4, -0.2) is 29.9 Å². The third kappa shape index (κ3) is 4.70. The Morgan fingerprint density at radius 2 is 2.24 bits per heavy atom. The van der Waals surface area contributed by atoms with E-state index in [4.69, 9.17) is 17.3 Å². The van der Waals surface area contributed by atoms with Crippen molar-refractivity contribution in [2.24, 2.45) is 5.73 Å². The number of carbonyl (C=O) groups is 1. The first kappa shape index (κ1) is 16.3. The second-order valence-corrected chi connectivity index (χ2v) is 6.83. The normalized spacial score (nSPS) is 11.6.